The molecule has 64 valence electrons. The Balaban J connectivity index is -0.0000000457. The maximum absolute atomic E-state index is 8.69. The van der Waals surface area contributed by atoms with Crippen molar-refractivity contribution in [3.05, 3.63) is 0 Å². The first-order chi connectivity index (χ1) is 4.00. The summed E-state index contributed by atoms with van der Waals surface area (Å²) in [5, 5.41) is 0. The molecule has 0 heterocycles. The fraction of sp³-hybridized carbons (Fsp3) is 0. The molecular weight excluding hydrogens is 313 g/mol. The Hall–Kier alpha value is 3.20. The number of hydrogen-bond acceptors (Lipinski definition) is 7. The molecule has 0 unspecified atom stereocenters. The average molecular weight is 314 g/mol. The van der Waals surface area contributed by atoms with E-state index in [1.54, 1.807) is 0 Å². The summed E-state index contributed by atoms with van der Waals surface area (Å²) in [5.41, 5.74) is 0. The van der Waals surface area contributed by atoms with E-state index in [4.69, 9.17) is 31.6 Å². The van der Waals surface area contributed by atoms with E-state index >= 15 is 0 Å². The van der Waals surface area contributed by atoms with Gasteiger partial charge in [-0.2, -0.15) is 0 Å². The van der Waals surface area contributed by atoms with Gasteiger partial charge in [0.05, 0.1) is 0 Å². The maximum atomic E-state index is 8.69. The van der Waals surface area contributed by atoms with Crippen LogP contribution in [-0.4, -0.2) is 4.19 Å². The molecule has 0 amide bonds. The second kappa shape index (κ2) is 10.7. The first-order valence-corrected chi connectivity index (χ1v) is 5.35. The minimum absolute atomic E-state index is 0. The van der Waals surface area contributed by atoms with Crippen molar-refractivity contribution in [2.24, 2.45) is 0 Å². The SMILES string of the molecule is [K+].[K+].[O]=[Cr](=[O])([O-])[O-].[O]=[Mn](=[O])(=[O])[OH]. The summed E-state index contributed by atoms with van der Waals surface area (Å²) in [4.78, 5) is 0. The van der Waals surface area contributed by atoms with Gasteiger partial charge in [0.25, 0.3) is 0 Å². The molecule has 0 atom stereocenters. The summed E-state index contributed by atoms with van der Waals surface area (Å²) in [6.07, 6.45) is 0. The molecule has 1 N–H and O–H groups in total. The van der Waals surface area contributed by atoms with Gasteiger partial charge in [-0.3, -0.25) is 0 Å². The molecular formula is HCrK2MnO8. The van der Waals surface area contributed by atoms with Gasteiger partial charge in [-0.05, 0) is 0 Å². The molecule has 8 nitrogen and oxygen atoms in total. The van der Waals surface area contributed by atoms with Crippen LogP contribution in [0.4, 0.5) is 0 Å². The van der Waals surface area contributed by atoms with Crippen LogP contribution in [0, 0.1) is 0 Å². The van der Waals surface area contributed by atoms with Gasteiger partial charge in [0, 0.05) is 0 Å². The van der Waals surface area contributed by atoms with Crippen molar-refractivity contribution in [3.63, 3.8) is 0 Å². The summed E-state index contributed by atoms with van der Waals surface area (Å²) in [6.45, 7) is 0. The van der Waals surface area contributed by atoms with E-state index in [9.17, 15) is 0 Å². The molecule has 0 saturated heterocycles. The van der Waals surface area contributed by atoms with Crippen LogP contribution in [0.25, 0.3) is 0 Å². The van der Waals surface area contributed by atoms with E-state index in [-0.39, 0.29) is 103 Å². The van der Waals surface area contributed by atoms with Gasteiger partial charge < -0.3 is 0 Å². The topological polar surface area (TPSA) is 152 Å². The molecule has 12 heavy (non-hydrogen) atoms. The second-order valence-corrected chi connectivity index (χ2v) is 3.32. The quantitative estimate of drug-likeness (QED) is 0.433. The van der Waals surface area contributed by atoms with E-state index in [2.05, 4.69) is 0 Å². The van der Waals surface area contributed by atoms with Gasteiger partial charge in [-0.15, -0.1) is 0 Å². The fourth-order valence-corrected chi connectivity index (χ4v) is 0. The Morgan fingerprint density at radius 3 is 1.00 bits per heavy atom. The molecule has 0 bridgehead atoms. The van der Waals surface area contributed by atoms with E-state index in [1.165, 1.54) is 0 Å². The minimum atomic E-state index is -5.75. The van der Waals surface area contributed by atoms with Crippen LogP contribution in [0.5, 0.6) is 0 Å². The summed E-state index contributed by atoms with van der Waals surface area (Å²) in [7, 11) is 0. The normalized spacial score (nSPS) is 9.58. The number of hydrogen-bond donors (Lipinski definition) is 1. The van der Waals surface area contributed by atoms with Crippen LogP contribution in [0.15, 0.2) is 0 Å². The van der Waals surface area contributed by atoms with Crippen molar-refractivity contribution in [2.75, 3.05) is 0 Å². The summed E-state index contributed by atoms with van der Waals surface area (Å²) in [6, 6.07) is 0. The molecule has 0 aromatic carbocycles. The standard InChI is InChI=1S/Cr.2K.Mn.H2O.7O/h;;;;1H2;;;;;;;/q;3*+1;;;;;;;2*-1/p-1. The Labute approximate surface area is 156 Å². The van der Waals surface area contributed by atoms with Crippen molar-refractivity contribution in [3.8, 4) is 0 Å². The summed E-state index contributed by atoms with van der Waals surface area (Å²) < 4.78 is 67.4. The Bertz CT molecular complexity index is 292. The molecule has 0 radical (unpaired) electrons. The monoisotopic (exact) mass is 314 g/mol. The zero-order chi connectivity index (χ0) is 9.00. The van der Waals surface area contributed by atoms with Crippen molar-refractivity contribution >= 4 is 0 Å². The zero-order valence-electron chi connectivity index (χ0n) is 6.09. The van der Waals surface area contributed by atoms with Gasteiger partial charge in [0.2, 0.25) is 0 Å². The van der Waals surface area contributed by atoms with Crippen LogP contribution < -0.4 is 111 Å². The van der Waals surface area contributed by atoms with Crippen LogP contribution in [0.1, 0.15) is 0 Å². The molecule has 0 rings (SSSR count). The summed E-state index contributed by atoms with van der Waals surface area (Å²) in [5.74, 6) is 0. The zero-order valence-corrected chi connectivity index (χ0v) is 14.8. The van der Waals surface area contributed by atoms with Gasteiger partial charge in [-0.1, -0.05) is 0 Å². The molecule has 0 aliphatic carbocycles. The van der Waals surface area contributed by atoms with Crippen molar-refractivity contribution in [1.29, 1.82) is 0 Å². The third kappa shape index (κ3) is 192. The van der Waals surface area contributed by atoms with E-state index in [0.717, 1.165) is 0 Å². The molecule has 0 fully saturated rings. The van der Waals surface area contributed by atoms with Crippen molar-refractivity contribution in [1.82, 2.24) is 0 Å². The average Bonchev–Trinajstić information content (AvgIpc) is 1.12. The van der Waals surface area contributed by atoms with Crippen LogP contribution >= 0.6 is 0 Å². The molecule has 0 spiro atoms. The van der Waals surface area contributed by atoms with E-state index < -0.39 is 26.6 Å². The molecule has 0 aromatic rings. The Morgan fingerprint density at radius 2 is 1.00 bits per heavy atom. The van der Waals surface area contributed by atoms with Crippen LogP contribution in [-0.2, 0) is 45.7 Å². The third-order valence-electron chi connectivity index (χ3n) is 0. The Morgan fingerprint density at radius 1 is 1.00 bits per heavy atom. The van der Waals surface area contributed by atoms with E-state index in [0.29, 0.717) is 0 Å². The molecule has 0 aliphatic heterocycles. The van der Waals surface area contributed by atoms with Crippen LogP contribution in [0.3, 0.4) is 0 Å². The summed E-state index contributed by atoms with van der Waals surface area (Å²) >= 11 is -11.1. The molecule has 0 aromatic heterocycles. The van der Waals surface area contributed by atoms with Crippen LogP contribution in [0.2, 0.25) is 0 Å². The first kappa shape index (κ1) is 24.4. The predicted molar refractivity (Wildman–Crippen MR) is 5.65 cm³/mol. The number of rotatable bonds is 0. The second-order valence-electron chi connectivity index (χ2n) is 0.804. The molecule has 0 aliphatic rings. The predicted octanol–water partition coefficient (Wildman–Crippen LogP) is -9.53. The third-order valence-corrected chi connectivity index (χ3v) is 0. The van der Waals surface area contributed by atoms with Gasteiger partial charge in [0.1, 0.15) is 0 Å². The van der Waals surface area contributed by atoms with Gasteiger partial charge >= 0.3 is 161 Å². The molecule has 0 saturated carbocycles. The molecule has 12 heteroatoms. The Kier molecular flexibility index (Phi) is 21.8. The fourth-order valence-electron chi connectivity index (χ4n) is 0. The van der Waals surface area contributed by atoms with Crippen molar-refractivity contribution < 1.29 is 161 Å². The van der Waals surface area contributed by atoms with Gasteiger partial charge in [0.15, 0.2) is 0 Å². The van der Waals surface area contributed by atoms with Gasteiger partial charge in [-0.25, -0.2) is 0 Å². The van der Waals surface area contributed by atoms with E-state index in [1.807, 2.05) is 0 Å². The first-order valence-electron chi connectivity index (χ1n) is 1.30. The van der Waals surface area contributed by atoms with Crippen molar-refractivity contribution in [2.45, 2.75) is 0 Å².